The number of rotatable bonds is 9. The molecule has 6 heteroatoms. The van der Waals surface area contributed by atoms with Gasteiger partial charge in [0.05, 0.1) is 13.2 Å². The highest BCUT2D eigenvalue weighted by atomic mass is 31.2. The minimum atomic E-state index is -3.50. The monoisotopic (exact) mass is 354 g/mol. The van der Waals surface area contributed by atoms with Gasteiger partial charge in [-0.05, 0) is 47.1 Å². The van der Waals surface area contributed by atoms with Gasteiger partial charge < -0.3 is 4.90 Å². The Morgan fingerprint density at radius 3 is 1.96 bits per heavy atom. The van der Waals surface area contributed by atoms with Crippen LogP contribution in [0.15, 0.2) is 35.1 Å². The van der Waals surface area contributed by atoms with Crippen molar-refractivity contribution in [2.75, 3.05) is 13.2 Å². The van der Waals surface area contributed by atoms with Gasteiger partial charge in [-0.2, -0.15) is 4.76 Å². The van der Waals surface area contributed by atoms with Crippen LogP contribution < -0.4 is 0 Å². The van der Waals surface area contributed by atoms with Gasteiger partial charge in [-0.25, -0.2) is 4.57 Å². The van der Waals surface area contributed by atoms with Crippen molar-refractivity contribution in [1.82, 2.24) is 4.90 Å². The Hall–Kier alpha value is -1.16. The molecule has 1 aromatic carbocycles. The van der Waals surface area contributed by atoms with Gasteiger partial charge >= 0.3 is 7.75 Å². The summed E-state index contributed by atoms with van der Waals surface area (Å²) in [5.74, 6) is 0.733. The summed E-state index contributed by atoms with van der Waals surface area (Å²) in [7, 11) is -3.50. The summed E-state index contributed by atoms with van der Waals surface area (Å²) in [5.41, 5.74) is 1.11. The lowest BCUT2D eigenvalue weighted by molar-refractivity contribution is 0.219. The van der Waals surface area contributed by atoms with Crippen LogP contribution in [0.2, 0.25) is 0 Å². The van der Waals surface area contributed by atoms with Gasteiger partial charge in [-0.3, -0.25) is 9.05 Å². The normalized spacial score (nSPS) is 12.9. The number of nitrogens with zero attached hydrogens (tertiary/aromatic N) is 2. The van der Waals surface area contributed by atoms with Crippen LogP contribution in [-0.4, -0.2) is 36.0 Å². The van der Waals surface area contributed by atoms with Crippen molar-refractivity contribution in [1.29, 1.82) is 0 Å². The van der Waals surface area contributed by atoms with E-state index < -0.39 is 7.75 Å². The van der Waals surface area contributed by atoms with Gasteiger partial charge in [0.25, 0.3) is 0 Å². The number of amidine groups is 1. The highest BCUT2D eigenvalue weighted by Gasteiger charge is 2.27. The van der Waals surface area contributed by atoms with Gasteiger partial charge in [-0.15, -0.1) is 0 Å². The third kappa shape index (κ3) is 6.39. The molecule has 0 radical (unpaired) electrons. The fourth-order valence-corrected chi connectivity index (χ4v) is 4.01. The first kappa shape index (κ1) is 20.9. The highest BCUT2D eigenvalue weighted by molar-refractivity contribution is 7.52. The SMILES string of the molecule is CCOP(=O)(/N=C(/Cc1ccccc1)N(C(C)C)C(C)C)OCC. The molecular formula is C18H31N2O3P. The quantitative estimate of drug-likeness (QED) is 0.358. The van der Waals surface area contributed by atoms with Gasteiger partial charge in [0.1, 0.15) is 5.84 Å². The maximum Gasteiger partial charge on any atom is 0.455 e. The zero-order valence-electron chi connectivity index (χ0n) is 15.7. The second-order valence-electron chi connectivity index (χ2n) is 6.08. The molecule has 0 heterocycles. The lowest BCUT2D eigenvalue weighted by atomic mass is 10.1. The molecule has 0 spiro atoms. The smallest absolute Gasteiger partial charge is 0.355 e. The number of hydrogen-bond donors (Lipinski definition) is 0. The Morgan fingerprint density at radius 2 is 1.54 bits per heavy atom. The van der Waals surface area contributed by atoms with Crippen molar-refractivity contribution in [2.45, 2.75) is 60.0 Å². The van der Waals surface area contributed by atoms with Crippen LogP contribution >= 0.6 is 7.75 Å². The molecule has 136 valence electrons. The molecule has 0 N–H and O–H groups in total. The van der Waals surface area contributed by atoms with Crippen molar-refractivity contribution in [2.24, 2.45) is 4.76 Å². The van der Waals surface area contributed by atoms with E-state index in [0.717, 1.165) is 11.4 Å². The molecule has 0 amide bonds. The van der Waals surface area contributed by atoms with Crippen LogP contribution in [0, 0.1) is 0 Å². The van der Waals surface area contributed by atoms with Crippen molar-refractivity contribution in [3.05, 3.63) is 35.9 Å². The molecule has 1 aromatic rings. The van der Waals surface area contributed by atoms with Crippen LogP contribution in [-0.2, 0) is 20.0 Å². The molecule has 0 aliphatic carbocycles. The Kier molecular flexibility index (Phi) is 8.68. The van der Waals surface area contributed by atoms with E-state index in [0.29, 0.717) is 19.6 Å². The standard InChI is InChI=1S/C18H31N2O3P/c1-7-22-24(21,23-8-2)19-18(20(15(3)4)16(5)6)14-17-12-10-9-11-13-17/h9-13,15-16H,7-8,14H2,1-6H3/b19-18-. The second kappa shape index (κ2) is 9.97. The summed E-state index contributed by atoms with van der Waals surface area (Å²) >= 11 is 0. The summed E-state index contributed by atoms with van der Waals surface area (Å²) < 4.78 is 28.1. The molecule has 0 fully saturated rings. The molecule has 0 atom stereocenters. The van der Waals surface area contributed by atoms with Crippen molar-refractivity contribution >= 4 is 13.6 Å². The molecular weight excluding hydrogens is 323 g/mol. The van der Waals surface area contributed by atoms with E-state index in [1.54, 1.807) is 13.8 Å². The molecule has 0 aliphatic heterocycles. The maximum atomic E-state index is 12.9. The largest absolute Gasteiger partial charge is 0.455 e. The van der Waals surface area contributed by atoms with Crippen molar-refractivity contribution in [3.8, 4) is 0 Å². The molecule has 0 saturated carbocycles. The molecule has 0 bridgehead atoms. The Morgan fingerprint density at radius 1 is 1.04 bits per heavy atom. The molecule has 0 aliphatic rings. The minimum Gasteiger partial charge on any atom is -0.355 e. The van der Waals surface area contributed by atoms with Crippen LogP contribution in [0.3, 0.4) is 0 Å². The summed E-state index contributed by atoms with van der Waals surface area (Å²) in [4.78, 5) is 2.16. The topological polar surface area (TPSA) is 51.1 Å². The number of hydrogen-bond acceptors (Lipinski definition) is 3. The summed E-state index contributed by atoms with van der Waals surface area (Å²) in [5, 5.41) is 0. The Balaban J connectivity index is 3.29. The first-order chi connectivity index (χ1) is 11.3. The Labute approximate surface area is 146 Å². The Bertz CT molecular complexity index is 541. The van der Waals surface area contributed by atoms with Gasteiger partial charge in [0.2, 0.25) is 0 Å². The fraction of sp³-hybridized carbons (Fsp3) is 0.611. The molecule has 0 aromatic heterocycles. The number of benzene rings is 1. The molecule has 24 heavy (non-hydrogen) atoms. The molecule has 0 saturated heterocycles. The van der Waals surface area contributed by atoms with Gasteiger partial charge in [0.15, 0.2) is 0 Å². The minimum absolute atomic E-state index is 0.226. The summed E-state index contributed by atoms with van der Waals surface area (Å²) in [6, 6.07) is 10.5. The van der Waals surface area contributed by atoms with Gasteiger partial charge in [0, 0.05) is 18.5 Å². The second-order valence-corrected chi connectivity index (χ2v) is 7.73. The summed E-state index contributed by atoms with van der Waals surface area (Å²) in [6.45, 7) is 12.6. The van der Waals surface area contributed by atoms with E-state index in [4.69, 9.17) is 9.05 Å². The van der Waals surface area contributed by atoms with Gasteiger partial charge in [-0.1, -0.05) is 30.3 Å². The highest BCUT2D eigenvalue weighted by Crippen LogP contribution is 2.50. The molecule has 1 rings (SSSR count). The van der Waals surface area contributed by atoms with Crippen LogP contribution in [0.1, 0.15) is 47.1 Å². The van der Waals surface area contributed by atoms with Crippen molar-refractivity contribution in [3.63, 3.8) is 0 Å². The zero-order chi connectivity index (χ0) is 18.2. The van der Waals surface area contributed by atoms with E-state index in [2.05, 4.69) is 37.4 Å². The van der Waals surface area contributed by atoms with E-state index in [-0.39, 0.29) is 12.1 Å². The zero-order valence-corrected chi connectivity index (χ0v) is 16.6. The maximum absolute atomic E-state index is 12.9. The van der Waals surface area contributed by atoms with E-state index in [9.17, 15) is 4.57 Å². The fourth-order valence-electron chi connectivity index (χ4n) is 2.71. The lowest BCUT2D eigenvalue weighted by Crippen LogP contribution is -2.43. The van der Waals surface area contributed by atoms with E-state index in [1.807, 2.05) is 30.3 Å². The predicted octanol–water partition coefficient (Wildman–Crippen LogP) is 4.93. The molecule has 5 nitrogen and oxygen atoms in total. The van der Waals surface area contributed by atoms with Crippen LogP contribution in [0.4, 0.5) is 0 Å². The first-order valence-corrected chi connectivity index (χ1v) is 10.1. The third-order valence-electron chi connectivity index (χ3n) is 3.44. The van der Waals surface area contributed by atoms with Crippen molar-refractivity contribution < 1.29 is 13.6 Å². The average molecular weight is 354 g/mol. The predicted molar refractivity (Wildman–Crippen MR) is 101 cm³/mol. The lowest BCUT2D eigenvalue weighted by Gasteiger charge is -2.34. The molecule has 0 unspecified atom stereocenters. The average Bonchev–Trinajstić information content (AvgIpc) is 2.47. The first-order valence-electron chi connectivity index (χ1n) is 8.63. The van der Waals surface area contributed by atoms with E-state index >= 15 is 0 Å². The van der Waals surface area contributed by atoms with Crippen LogP contribution in [0.25, 0.3) is 0 Å². The van der Waals surface area contributed by atoms with Crippen LogP contribution in [0.5, 0.6) is 0 Å². The summed E-state index contributed by atoms with van der Waals surface area (Å²) in [6.07, 6.45) is 0.585. The third-order valence-corrected chi connectivity index (χ3v) is 5.08. The van der Waals surface area contributed by atoms with E-state index in [1.165, 1.54) is 0 Å².